The van der Waals surface area contributed by atoms with Crippen molar-refractivity contribution in [2.45, 2.75) is 81.8 Å². The van der Waals surface area contributed by atoms with Gasteiger partial charge < -0.3 is 52.7 Å². The van der Waals surface area contributed by atoms with Crippen molar-refractivity contribution in [1.82, 2.24) is 20.4 Å². The van der Waals surface area contributed by atoms with E-state index in [-0.39, 0.29) is 69.3 Å². The number of hydrogen-bond acceptors (Lipinski definition) is 26. The first-order valence-electron chi connectivity index (χ1n) is 31.4. The number of nitrogens with one attached hydrogen (secondary N) is 2. The summed E-state index contributed by atoms with van der Waals surface area (Å²) in [6.07, 6.45) is -6.34. The first-order chi connectivity index (χ1) is 50.1. The molecule has 6 aromatic rings. The molecule has 0 aliphatic carbocycles. The number of amides is 4. The number of phosphoric ester groups is 4. The fourth-order valence-electron chi connectivity index (χ4n) is 10.9. The van der Waals surface area contributed by atoms with Gasteiger partial charge in [0.1, 0.15) is 36.1 Å². The molecular weight excluding hydrogens is 1470 g/mol. The lowest BCUT2D eigenvalue weighted by Crippen LogP contribution is -2.55. The fraction of sp³-hybridized carbons (Fsp3) is 0.246. The predicted molar refractivity (Wildman–Crippen MR) is 359 cm³/mol. The molecule has 36 nitrogen and oxygen atoms in total. The highest BCUT2D eigenvalue weighted by Crippen LogP contribution is 2.62. The summed E-state index contributed by atoms with van der Waals surface area (Å²) in [6.45, 7) is -0.815. The van der Waals surface area contributed by atoms with Crippen LogP contribution in [0.2, 0.25) is 0 Å². The molecule has 0 saturated carbocycles. The SMILES string of the molecule is CCCOP(=O)(O)OP(=O)(O)OC[C@H]1O[C@@H](N2C=C3C=C(c4ccccc4[N+](=O)[O-])OC3NC2=O)CC1OC(=O)c1ccccc1.O=C(OC1[C@@H](COP(=O)(O)OP(=O)(O)OCc2ccccc2)O[C@@H](N2C=C3C=C(c4ccccc4[N+](=O)[O-])OC3NC2=O)[C@H]1OC(=O)c1ccccc1)c1ccccc1. The number of nitro benzene ring substituents is 2. The number of hydrogen-bond donors (Lipinski definition) is 6. The summed E-state index contributed by atoms with van der Waals surface area (Å²) in [7, 11) is -20.8. The van der Waals surface area contributed by atoms with Crippen molar-refractivity contribution in [3.63, 3.8) is 0 Å². The molecular formula is C65H62N6O30P4. The molecule has 0 aromatic heterocycles. The van der Waals surface area contributed by atoms with Gasteiger partial charge in [-0.3, -0.25) is 58.8 Å². The third kappa shape index (κ3) is 19.3. The zero-order valence-electron chi connectivity index (χ0n) is 54.4. The maximum Gasteiger partial charge on any atom is 0.481 e. The van der Waals surface area contributed by atoms with Gasteiger partial charge in [0.15, 0.2) is 18.4 Å². The summed E-state index contributed by atoms with van der Waals surface area (Å²) < 4.78 is 119. The smallest absolute Gasteiger partial charge is 0.465 e. The van der Waals surface area contributed by atoms with Crippen LogP contribution < -0.4 is 10.6 Å². The minimum atomic E-state index is -5.47. The van der Waals surface area contributed by atoms with Crippen molar-refractivity contribution in [3.8, 4) is 0 Å². The van der Waals surface area contributed by atoms with Crippen molar-refractivity contribution in [3.05, 3.63) is 259 Å². The van der Waals surface area contributed by atoms with Crippen LogP contribution in [0.4, 0.5) is 21.0 Å². The zero-order chi connectivity index (χ0) is 74.8. The number of ether oxygens (including phenoxy) is 7. The number of urea groups is 2. The van der Waals surface area contributed by atoms with Gasteiger partial charge in [0, 0.05) is 42.1 Å². The van der Waals surface area contributed by atoms with Crippen molar-refractivity contribution in [1.29, 1.82) is 0 Å². The Morgan fingerprint density at radius 2 is 0.933 bits per heavy atom. The number of rotatable bonds is 28. The standard InChI is InChI=1S/C38H33N3O16P2.C27H29N3O14P2/c42-36(25-14-6-2-7-15-25)55-32-31(23-52-59(49,50)57-58(47,48)51-22-24-12-4-1-5-13-24)54-35(33(32)56-37(43)26-16-8-3-9-17-26)40-21-27-20-30(53-34(27)39-38(40)44)28-18-10-11-19-29(28)41(45)46;1-2-12-39-45(35,36)44-46(37,38)40-16-23-22(43-26(31)17-8-4-3-5-9-17)14-24(41-23)29-15-18-13-21(42-25(18)28-27(29)32)19-10-6-7-11-20(19)30(33)34/h1-21,31-35H,22-23H2,(H,39,44)(H,47,48)(H,49,50);3-11,13,15,22-25H,2,12,14,16H2,1H3,(H,28,32)(H,35,36)(H,37,38)/t31-,32?,33+,34?,35-;22?,23-,24-,25?/m11/s1. The Morgan fingerprint density at radius 1 is 0.524 bits per heavy atom. The van der Waals surface area contributed by atoms with Crippen LogP contribution in [0.3, 0.4) is 0 Å². The van der Waals surface area contributed by atoms with Crippen LogP contribution in [0.5, 0.6) is 0 Å². The van der Waals surface area contributed by atoms with Crippen molar-refractivity contribution >= 4 is 84.2 Å². The molecule has 8 unspecified atom stereocenters. The number of fused-ring (bicyclic) bond motifs is 2. The van der Waals surface area contributed by atoms with E-state index in [4.69, 9.17) is 46.7 Å². The first kappa shape index (κ1) is 76.2. The highest BCUT2D eigenvalue weighted by Gasteiger charge is 2.56. The maximum atomic E-state index is 13.8. The van der Waals surface area contributed by atoms with E-state index in [1.54, 1.807) is 104 Å². The molecule has 6 N–H and O–H groups in total. The largest absolute Gasteiger partial charge is 0.481 e. The normalized spacial score (nSPS) is 23.8. The second-order valence-electron chi connectivity index (χ2n) is 23.0. The average Bonchev–Trinajstić information content (AvgIpc) is 1.63. The van der Waals surface area contributed by atoms with Gasteiger partial charge in [-0.05, 0) is 72.7 Å². The molecule has 6 heterocycles. The van der Waals surface area contributed by atoms with E-state index >= 15 is 0 Å². The molecule has 40 heteroatoms. The van der Waals surface area contributed by atoms with Crippen molar-refractivity contribution < 1.29 is 132 Å². The third-order valence-corrected chi connectivity index (χ3v) is 20.9. The Kier molecular flexibility index (Phi) is 24.0. The maximum absolute atomic E-state index is 13.8. The molecule has 0 bridgehead atoms. The van der Waals surface area contributed by atoms with Crippen LogP contribution in [0.25, 0.3) is 11.5 Å². The molecule has 6 aliphatic rings. The van der Waals surface area contributed by atoms with E-state index in [0.717, 1.165) is 9.80 Å². The Hall–Kier alpha value is -9.93. The number of para-hydroxylation sites is 2. The van der Waals surface area contributed by atoms with E-state index < -0.39 is 146 Å². The first-order valence-corrected chi connectivity index (χ1v) is 37.4. The number of benzene rings is 6. The van der Waals surface area contributed by atoms with Gasteiger partial charge in [0.25, 0.3) is 11.4 Å². The minimum absolute atomic E-state index is 0.0492. The predicted octanol–water partition coefficient (Wildman–Crippen LogP) is 10.0. The van der Waals surface area contributed by atoms with Crippen LogP contribution in [0, 0.1) is 20.2 Å². The van der Waals surface area contributed by atoms with E-state index in [1.807, 2.05) is 0 Å². The molecule has 2 saturated heterocycles. The highest BCUT2D eigenvalue weighted by atomic mass is 31.3. The van der Waals surface area contributed by atoms with Gasteiger partial charge in [-0.1, -0.05) is 116 Å². The summed E-state index contributed by atoms with van der Waals surface area (Å²) in [5, 5.41) is 28.5. The molecule has 6 aromatic carbocycles. The molecule has 552 valence electrons. The number of carbonyl (C=O) groups is 5. The highest BCUT2D eigenvalue weighted by molar-refractivity contribution is 7.61. The molecule has 6 aliphatic heterocycles. The molecule has 0 spiro atoms. The van der Waals surface area contributed by atoms with Crippen LogP contribution in [0.15, 0.2) is 206 Å². The Labute approximate surface area is 594 Å². The van der Waals surface area contributed by atoms with E-state index in [0.29, 0.717) is 17.6 Å². The Bertz CT molecular complexity index is 4600. The monoisotopic (exact) mass is 1530 g/mol. The lowest BCUT2D eigenvalue weighted by atomic mass is 10.1. The van der Waals surface area contributed by atoms with Crippen LogP contribution >= 0.6 is 31.3 Å². The topological polar surface area (TPSA) is 471 Å². The lowest BCUT2D eigenvalue weighted by molar-refractivity contribution is -0.385. The molecule has 2 fully saturated rings. The van der Waals surface area contributed by atoms with Gasteiger partial charge in [0.05, 0.1) is 64.1 Å². The van der Waals surface area contributed by atoms with Gasteiger partial charge in [-0.2, -0.15) is 8.62 Å². The molecule has 13 atom stereocenters. The van der Waals surface area contributed by atoms with Gasteiger partial charge in [-0.15, -0.1) is 0 Å². The van der Waals surface area contributed by atoms with Crippen molar-refractivity contribution in [2.75, 3.05) is 19.8 Å². The zero-order valence-corrected chi connectivity index (χ0v) is 58.0. The summed E-state index contributed by atoms with van der Waals surface area (Å²) in [6, 6.07) is 41.5. The van der Waals surface area contributed by atoms with E-state index in [1.165, 1.54) is 97.3 Å². The number of esters is 3. The van der Waals surface area contributed by atoms with E-state index in [9.17, 15) is 82.0 Å². The van der Waals surface area contributed by atoms with E-state index in [2.05, 4.69) is 23.8 Å². The van der Waals surface area contributed by atoms with Gasteiger partial charge >= 0.3 is 61.3 Å². The Morgan fingerprint density at radius 3 is 1.42 bits per heavy atom. The van der Waals surface area contributed by atoms with Crippen LogP contribution in [0.1, 0.15) is 67.5 Å². The summed E-state index contributed by atoms with van der Waals surface area (Å²) in [5.41, 5.74) is 1.33. The number of carbonyl (C=O) groups excluding carboxylic acids is 5. The molecule has 105 heavy (non-hydrogen) atoms. The molecule has 0 radical (unpaired) electrons. The second kappa shape index (κ2) is 33.0. The Balaban J connectivity index is 0.000000217. The fourth-order valence-corrected chi connectivity index (χ4v) is 15.2. The number of nitro groups is 2. The molecule has 4 amide bonds. The van der Waals surface area contributed by atoms with Crippen molar-refractivity contribution in [2.24, 2.45) is 0 Å². The lowest BCUT2D eigenvalue weighted by Gasteiger charge is -2.34. The van der Waals surface area contributed by atoms with Crippen LogP contribution in [-0.2, 0) is 84.7 Å². The summed E-state index contributed by atoms with van der Waals surface area (Å²) in [5.74, 6) is -2.43. The quantitative estimate of drug-likeness (QED) is 0.00874. The van der Waals surface area contributed by atoms with Crippen LogP contribution in [-0.4, -0.2) is 144 Å². The average molecular weight is 1530 g/mol. The van der Waals surface area contributed by atoms with Gasteiger partial charge in [0.2, 0.25) is 12.5 Å². The minimum Gasteiger partial charge on any atom is -0.465 e. The number of nitrogens with zero attached hydrogens (tertiary/aromatic N) is 4. The third-order valence-electron chi connectivity index (χ3n) is 15.7. The summed E-state index contributed by atoms with van der Waals surface area (Å²) in [4.78, 5) is 132. The number of phosphoric acid groups is 4. The van der Waals surface area contributed by atoms with Gasteiger partial charge in [-0.25, -0.2) is 42.2 Å². The second-order valence-corrected chi connectivity index (χ2v) is 29.1. The molecule has 12 rings (SSSR count). The summed E-state index contributed by atoms with van der Waals surface area (Å²) >= 11 is 0.